The van der Waals surface area contributed by atoms with Crippen molar-refractivity contribution in [3.8, 4) is 0 Å². The fourth-order valence-corrected chi connectivity index (χ4v) is 3.05. The molecule has 104 valence electrons. The first-order chi connectivity index (χ1) is 8.62. The molecule has 1 aromatic rings. The Balaban J connectivity index is 3.33. The van der Waals surface area contributed by atoms with Gasteiger partial charge in [0.1, 0.15) is 9.22 Å². The van der Waals surface area contributed by atoms with Gasteiger partial charge in [-0.1, -0.05) is 24.0 Å². The lowest BCUT2D eigenvalue weighted by atomic mass is 10.3. The molecule has 0 heterocycles. The molecule has 0 bridgehead atoms. The van der Waals surface area contributed by atoms with Gasteiger partial charge >= 0.3 is 0 Å². The van der Waals surface area contributed by atoms with Crippen LogP contribution in [0.15, 0.2) is 28.0 Å². The highest BCUT2D eigenvalue weighted by Crippen LogP contribution is 2.31. The molecule has 0 aromatic heterocycles. The van der Waals surface area contributed by atoms with Gasteiger partial charge in [-0.2, -0.15) is 8.42 Å². The van der Waals surface area contributed by atoms with Crippen LogP contribution in [-0.2, 0) is 10.1 Å². The van der Waals surface area contributed by atoms with Crippen LogP contribution in [-0.4, -0.2) is 41.2 Å². The fourth-order valence-electron chi connectivity index (χ4n) is 1.08. The Morgan fingerprint density at radius 2 is 2.05 bits per heavy atom. The van der Waals surface area contributed by atoms with Crippen LogP contribution in [0.25, 0.3) is 0 Å². The third-order valence-electron chi connectivity index (χ3n) is 1.98. The average molecular weight is 322 g/mol. The molecule has 0 saturated heterocycles. The first-order valence-corrected chi connectivity index (χ1v) is 7.44. The lowest BCUT2D eigenvalue weighted by molar-refractivity contribution is -0.385. The Bertz CT molecular complexity index is 627. The molecule has 0 fully saturated rings. The molecule has 0 aliphatic carbocycles. The molecule has 1 aromatic carbocycles. The maximum Gasteiger partial charge on any atom is 0.295 e. The molecule has 19 heavy (non-hydrogen) atoms. The Morgan fingerprint density at radius 3 is 2.47 bits per heavy atom. The fraction of sp³-hybridized carbons (Fsp3) is 0.222. The van der Waals surface area contributed by atoms with Gasteiger partial charge in [-0.3, -0.25) is 14.7 Å². The summed E-state index contributed by atoms with van der Waals surface area (Å²) in [4.78, 5) is 11.0. The summed E-state index contributed by atoms with van der Waals surface area (Å²) >= 11 is 5.93. The number of nitro groups is 1. The molecule has 0 aliphatic rings. The molecule has 0 unspecified atom stereocenters. The van der Waals surface area contributed by atoms with Crippen LogP contribution in [0.3, 0.4) is 0 Å². The summed E-state index contributed by atoms with van der Waals surface area (Å²) in [5.74, 6) is 0. The van der Waals surface area contributed by atoms with Gasteiger partial charge in [0.25, 0.3) is 15.8 Å². The predicted octanol–water partition coefficient (Wildman–Crippen LogP) is 1.78. The number of thioether (sulfide) groups is 1. The third-order valence-corrected chi connectivity index (χ3v) is 4.73. The van der Waals surface area contributed by atoms with Crippen LogP contribution in [0, 0.1) is 10.1 Å². The molecule has 0 amide bonds. The minimum Gasteiger partial charge on any atom is -0.363 e. The monoisotopic (exact) mass is 322 g/mol. The molecular formula is C9H10N2O5S3. The number of non-ortho nitro benzene ring substituents is 1. The van der Waals surface area contributed by atoms with Gasteiger partial charge in [0.05, 0.1) is 4.92 Å². The van der Waals surface area contributed by atoms with E-state index in [2.05, 4.69) is 0 Å². The molecule has 0 aliphatic heterocycles. The first-order valence-electron chi connectivity index (χ1n) is 4.78. The Kier molecular flexibility index (Phi) is 4.85. The normalized spacial score (nSPS) is 11.1. The molecule has 0 spiro atoms. The van der Waals surface area contributed by atoms with Crippen LogP contribution in [0.4, 0.5) is 5.69 Å². The Labute approximate surface area is 119 Å². The van der Waals surface area contributed by atoms with E-state index < -0.39 is 25.6 Å². The molecular weight excluding hydrogens is 312 g/mol. The molecule has 7 nitrogen and oxygen atoms in total. The first kappa shape index (κ1) is 15.8. The van der Waals surface area contributed by atoms with Gasteiger partial charge in [0, 0.05) is 31.1 Å². The van der Waals surface area contributed by atoms with Crippen LogP contribution in [0.1, 0.15) is 0 Å². The smallest absolute Gasteiger partial charge is 0.295 e. The quantitative estimate of drug-likeness (QED) is 0.295. The van der Waals surface area contributed by atoms with E-state index in [-0.39, 0.29) is 4.90 Å². The molecule has 1 N–H and O–H groups in total. The van der Waals surface area contributed by atoms with E-state index in [0.717, 1.165) is 23.9 Å². The third kappa shape index (κ3) is 4.13. The maximum absolute atomic E-state index is 11.2. The Morgan fingerprint density at radius 1 is 1.47 bits per heavy atom. The van der Waals surface area contributed by atoms with Crippen LogP contribution in [0.5, 0.6) is 0 Å². The lowest BCUT2D eigenvalue weighted by Crippen LogP contribution is -2.16. The highest BCUT2D eigenvalue weighted by Gasteiger charge is 2.21. The number of hydrogen-bond donors (Lipinski definition) is 1. The molecule has 0 saturated carbocycles. The van der Waals surface area contributed by atoms with Crippen LogP contribution < -0.4 is 0 Å². The maximum atomic E-state index is 11.2. The largest absolute Gasteiger partial charge is 0.363 e. The summed E-state index contributed by atoms with van der Waals surface area (Å²) in [5.41, 5.74) is -0.423. The SMILES string of the molecule is CN(C)C(=S)Sc1ccc([N+](=O)[O-])cc1S(=O)(=O)O. The van der Waals surface area contributed by atoms with Crippen molar-refractivity contribution in [3.05, 3.63) is 28.3 Å². The van der Waals surface area contributed by atoms with Gasteiger partial charge in [-0.25, -0.2) is 0 Å². The zero-order chi connectivity index (χ0) is 14.8. The van der Waals surface area contributed by atoms with Gasteiger partial charge < -0.3 is 4.90 Å². The summed E-state index contributed by atoms with van der Waals surface area (Å²) in [7, 11) is -1.22. The second kappa shape index (κ2) is 5.82. The van der Waals surface area contributed by atoms with Crippen molar-refractivity contribution in [2.75, 3.05) is 14.1 Å². The number of rotatable bonds is 3. The zero-order valence-electron chi connectivity index (χ0n) is 9.93. The summed E-state index contributed by atoms with van der Waals surface area (Å²) in [6.45, 7) is 0. The topological polar surface area (TPSA) is 101 Å². The summed E-state index contributed by atoms with van der Waals surface area (Å²) in [5, 5.41) is 10.6. The Hall–Kier alpha value is -1.23. The van der Waals surface area contributed by atoms with Gasteiger partial charge in [-0.05, 0) is 6.07 Å². The second-order valence-electron chi connectivity index (χ2n) is 3.63. The summed E-state index contributed by atoms with van der Waals surface area (Å²) in [6, 6.07) is 3.19. The number of benzene rings is 1. The average Bonchev–Trinajstić information content (AvgIpc) is 2.27. The molecule has 0 atom stereocenters. The van der Waals surface area contributed by atoms with Crippen molar-refractivity contribution >= 4 is 44.1 Å². The van der Waals surface area contributed by atoms with Crippen molar-refractivity contribution in [3.63, 3.8) is 0 Å². The van der Waals surface area contributed by atoms with Crippen LogP contribution in [0.2, 0.25) is 0 Å². The van der Waals surface area contributed by atoms with Gasteiger partial charge in [-0.15, -0.1) is 0 Å². The minimum absolute atomic E-state index is 0.131. The highest BCUT2D eigenvalue weighted by atomic mass is 32.2. The van der Waals surface area contributed by atoms with E-state index in [9.17, 15) is 18.5 Å². The van der Waals surface area contributed by atoms with E-state index >= 15 is 0 Å². The van der Waals surface area contributed by atoms with Crippen molar-refractivity contribution in [2.24, 2.45) is 0 Å². The van der Waals surface area contributed by atoms with Gasteiger partial charge in [0.2, 0.25) is 0 Å². The van der Waals surface area contributed by atoms with E-state index in [1.165, 1.54) is 6.07 Å². The number of nitro benzene ring substituents is 1. The number of nitrogens with zero attached hydrogens (tertiary/aromatic N) is 2. The van der Waals surface area contributed by atoms with Crippen LogP contribution >= 0.6 is 24.0 Å². The zero-order valence-corrected chi connectivity index (χ0v) is 12.4. The number of hydrogen-bond acceptors (Lipinski definition) is 6. The van der Waals surface area contributed by atoms with Crippen molar-refractivity contribution in [2.45, 2.75) is 9.79 Å². The highest BCUT2D eigenvalue weighted by molar-refractivity contribution is 8.23. The van der Waals surface area contributed by atoms with E-state index in [1.807, 2.05) is 0 Å². The van der Waals surface area contributed by atoms with E-state index in [1.54, 1.807) is 19.0 Å². The second-order valence-corrected chi connectivity index (χ2v) is 6.69. The van der Waals surface area contributed by atoms with Crippen molar-refractivity contribution in [1.29, 1.82) is 0 Å². The summed E-state index contributed by atoms with van der Waals surface area (Å²) in [6.07, 6.45) is 0. The lowest BCUT2D eigenvalue weighted by Gasteiger charge is -2.13. The molecule has 0 radical (unpaired) electrons. The standard InChI is InChI=1S/C9H10N2O5S3/c1-10(2)9(17)18-7-4-3-6(11(12)13)5-8(7)19(14,15)16/h3-5H,1-2H3,(H,14,15,16). The van der Waals surface area contributed by atoms with E-state index in [0.29, 0.717) is 4.32 Å². The van der Waals surface area contributed by atoms with Crippen molar-refractivity contribution < 1.29 is 17.9 Å². The minimum atomic E-state index is -4.56. The predicted molar refractivity (Wildman–Crippen MR) is 75.1 cm³/mol. The van der Waals surface area contributed by atoms with Crippen molar-refractivity contribution in [1.82, 2.24) is 4.90 Å². The number of thiocarbonyl (C=S) groups is 1. The molecule has 1 rings (SSSR count). The summed E-state index contributed by atoms with van der Waals surface area (Å²) < 4.78 is 32.0. The molecule has 10 heteroatoms. The van der Waals surface area contributed by atoms with Gasteiger partial charge in [0.15, 0.2) is 0 Å². The van der Waals surface area contributed by atoms with E-state index in [4.69, 9.17) is 16.8 Å².